The predicted molar refractivity (Wildman–Crippen MR) is 104 cm³/mol. The van der Waals surface area contributed by atoms with Crippen molar-refractivity contribution in [2.24, 2.45) is 0 Å². The largest absolute Gasteiger partial charge is 0.466 e. The number of rotatable bonds is 8. The van der Waals surface area contributed by atoms with Crippen molar-refractivity contribution in [3.63, 3.8) is 0 Å². The Morgan fingerprint density at radius 1 is 1.37 bits per heavy atom. The number of hydrogen-bond acceptors (Lipinski definition) is 6. The van der Waals surface area contributed by atoms with Gasteiger partial charge in [-0.2, -0.15) is 5.10 Å². The van der Waals surface area contributed by atoms with Crippen LogP contribution in [-0.2, 0) is 16.1 Å². The van der Waals surface area contributed by atoms with E-state index in [9.17, 15) is 9.59 Å². The highest BCUT2D eigenvalue weighted by atomic mass is 32.1. The van der Waals surface area contributed by atoms with E-state index in [4.69, 9.17) is 4.74 Å². The zero-order valence-corrected chi connectivity index (χ0v) is 16.2. The molecule has 0 radical (unpaired) electrons. The van der Waals surface area contributed by atoms with Crippen molar-refractivity contribution in [1.29, 1.82) is 0 Å². The maximum absolute atomic E-state index is 12.6. The fourth-order valence-electron chi connectivity index (χ4n) is 2.79. The van der Waals surface area contributed by atoms with Crippen molar-refractivity contribution in [2.45, 2.75) is 33.2 Å². The number of aromatic nitrogens is 3. The molecular formula is C19H22N4O3S. The first kappa shape index (κ1) is 19.0. The summed E-state index contributed by atoms with van der Waals surface area (Å²) < 4.78 is 6.69. The van der Waals surface area contributed by atoms with Crippen LogP contribution in [0.25, 0.3) is 11.0 Å². The molecule has 142 valence electrons. The molecule has 0 fully saturated rings. The molecule has 1 amide bonds. The van der Waals surface area contributed by atoms with Crippen LogP contribution < -0.4 is 5.32 Å². The highest BCUT2D eigenvalue weighted by molar-refractivity contribution is 7.09. The Morgan fingerprint density at radius 3 is 2.96 bits per heavy atom. The standard InChI is InChI=1S/C19H22N4O3S/c1-3-26-17(24)7-4-8-20-19(25)15-10-13(2)22-18-16(15)11-21-23(18)12-14-6-5-9-27-14/h5-6,9-11H,3-4,7-8,12H2,1-2H3,(H,20,25). The second-order valence-corrected chi connectivity index (χ2v) is 7.13. The van der Waals surface area contributed by atoms with Crippen molar-refractivity contribution in [1.82, 2.24) is 20.1 Å². The van der Waals surface area contributed by atoms with Gasteiger partial charge in [-0.25, -0.2) is 9.67 Å². The lowest BCUT2D eigenvalue weighted by Crippen LogP contribution is -2.25. The molecule has 0 aliphatic carbocycles. The maximum atomic E-state index is 12.6. The average Bonchev–Trinajstić information content (AvgIpc) is 3.29. The fourth-order valence-corrected chi connectivity index (χ4v) is 3.48. The average molecular weight is 386 g/mol. The minimum Gasteiger partial charge on any atom is -0.466 e. The van der Waals surface area contributed by atoms with Crippen molar-refractivity contribution in [3.8, 4) is 0 Å². The second-order valence-electron chi connectivity index (χ2n) is 6.09. The Kier molecular flexibility index (Phi) is 6.18. The van der Waals surface area contributed by atoms with Crippen molar-refractivity contribution < 1.29 is 14.3 Å². The van der Waals surface area contributed by atoms with Gasteiger partial charge in [0.05, 0.1) is 30.3 Å². The van der Waals surface area contributed by atoms with E-state index >= 15 is 0 Å². The molecule has 0 unspecified atom stereocenters. The maximum Gasteiger partial charge on any atom is 0.305 e. The Labute approximate surface area is 161 Å². The van der Waals surface area contributed by atoms with Gasteiger partial charge in [0, 0.05) is 23.5 Å². The summed E-state index contributed by atoms with van der Waals surface area (Å²) in [5, 5.41) is 10.0. The van der Waals surface area contributed by atoms with E-state index in [1.807, 2.05) is 29.1 Å². The van der Waals surface area contributed by atoms with Crippen molar-refractivity contribution in [2.75, 3.05) is 13.2 Å². The number of pyridine rings is 1. The number of esters is 1. The van der Waals surface area contributed by atoms with Crippen LogP contribution in [0, 0.1) is 6.92 Å². The molecule has 3 aromatic rings. The van der Waals surface area contributed by atoms with Crippen LogP contribution in [-0.4, -0.2) is 39.8 Å². The predicted octanol–water partition coefficient (Wildman–Crippen LogP) is 2.92. The van der Waals surface area contributed by atoms with E-state index in [-0.39, 0.29) is 18.3 Å². The Morgan fingerprint density at radius 2 is 2.22 bits per heavy atom. The molecule has 7 nitrogen and oxygen atoms in total. The molecule has 0 aromatic carbocycles. The Balaban J connectivity index is 1.71. The summed E-state index contributed by atoms with van der Waals surface area (Å²) in [5.74, 6) is -0.436. The van der Waals surface area contributed by atoms with Gasteiger partial charge in [-0.15, -0.1) is 11.3 Å². The van der Waals surface area contributed by atoms with E-state index in [2.05, 4.69) is 15.4 Å². The highest BCUT2D eigenvalue weighted by Gasteiger charge is 2.16. The summed E-state index contributed by atoms with van der Waals surface area (Å²) >= 11 is 1.66. The van der Waals surface area contributed by atoms with Gasteiger partial charge in [0.1, 0.15) is 0 Å². The van der Waals surface area contributed by atoms with Crippen LogP contribution >= 0.6 is 11.3 Å². The SMILES string of the molecule is CCOC(=O)CCCNC(=O)c1cc(C)nc2c1cnn2Cc1cccs1. The van der Waals surface area contributed by atoms with Crippen LogP contribution in [0.3, 0.4) is 0 Å². The quantitative estimate of drug-likeness (QED) is 0.475. The lowest BCUT2D eigenvalue weighted by Gasteiger charge is -2.08. The lowest BCUT2D eigenvalue weighted by molar-refractivity contribution is -0.143. The molecule has 0 saturated heterocycles. The molecule has 0 aliphatic heterocycles. The first-order valence-electron chi connectivity index (χ1n) is 8.88. The van der Waals surface area contributed by atoms with Gasteiger partial charge in [0.25, 0.3) is 5.91 Å². The van der Waals surface area contributed by atoms with Crippen LogP contribution in [0.2, 0.25) is 0 Å². The molecule has 3 aromatic heterocycles. The van der Waals surface area contributed by atoms with E-state index in [1.165, 1.54) is 4.88 Å². The molecule has 0 spiro atoms. The number of carbonyl (C=O) groups is 2. The van der Waals surface area contributed by atoms with Gasteiger partial charge in [-0.05, 0) is 37.8 Å². The van der Waals surface area contributed by atoms with Crippen LogP contribution in [0.5, 0.6) is 0 Å². The lowest BCUT2D eigenvalue weighted by atomic mass is 10.1. The number of thiophene rings is 1. The highest BCUT2D eigenvalue weighted by Crippen LogP contribution is 2.20. The Hall–Kier alpha value is -2.74. The Bertz CT molecular complexity index is 934. The van der Waals surface area contributed by atoms with Gasteiger partial charge in [0.2, 0.25) is 0 Å². The summed E-state index contributed by atoms with van der Waals surface area (Å²) in [4.78, 5) is 29.7. The normalized spacial score (nSPS) is 10.9. The van der Waals surface area contributed by atoms with E-state index in [0.29, 0.717) is 37.3 Å². The number of amides is 1. The summed E-state index contributed by atoms with van der Waals surface area (Å²) in [6.07, 6.45) is 2.51. The summed E-state index contributed by atoms with van der Waals surface area (Å²) in [7, 11) is 0. The third-order valence-electron chi connectivity index (χ3n) is 4.02. The fraction of sp³-hybridized carbons (Fsp3) is 0.368. The second kappa shape index (κ2) is 8.77. The molecule has 3 heterocycles. The van der Waals surface area contributed by atoms with Gasteiger partial charge >= 0.3 is 5.97 Å². The zero-order valence-electron chi connectivity index (χ0n) is 15.4. The number of hydrogen-bond donors (Lipinski definition) is 1. The summed E-state index contributed by atoms with van der Waals surface area (Å²) in [6.45, 7) is 5.03. The third-order valence-corrected chi connectivity index (χ3v) is 4.88. The van der Waals surface area contributed by atoms with Gasteiger partial charge < -0.3 is 10.1 Å². The smallest absolute Gasteiger partial charge is 0.305 e. The topological polar surface area (TPSA) is 86.1 Å². The number of nitrogens with one attached hydrogen (secondary N) is 1. The molecule has 0 bridgehead atoms. The molecule has 0 aliphatic rings. The number of fused-ring (bicyclic) bond motifs is 1. The molecule has 0 atom stereocenters. The molecule has 8 heteroatoms. The van der Waals surface area contributed by atoms with Crippen LogP contribution in [0.15, 0.2) is 29.8 Å². The van der Waals surface area contributed by atoms with Crippen LogP contribution in [0.1, 0.15) is 40.7 Å². The molecular weight excluding hydrogens is 364 g/mol. The number of carbonyl (C=O) groups excluding carboxylic acids is 2. The van der Waals surface area contributed by atoms with E-state index < -0.39 is 0 Å². The first-order valence-corrected chi connectivity index (χ1v) is 9.75. The molecule has 1 N–H and O–H groups in total. The van der Waals surface area contributed by atoms with E-state index in [0.717, 1.165) is 11.1 Å². The number of nitrogens with zero attached hydrogens (tertiary/aromatic N) is 3. The van der Waals surface area contributed by atoms with Gasteiger partial charge in [0.15, 0.2) is 5.65 Å². The minimum atomic E-state index is -0.247. The monoisotopic (exact) mass is 386 g/mol. The van der Waals surface area contributed by atoms with Crippen molar-refractivity contribution in [3.05, 3.63) is 45.9 Å². The molecule has 27 heavy (non-hydrogen) atoms. The minimum absolute atomic E-state index is 0.190. The number of aryl methyl sites for hydroxylation is 1. The third kappa shape index (κ3) is 4.71. The van der Waals surface area contributed by atoms with Crippen LogP contribution in [0.4, 0.5) is 0 Å². The summed E-state index contributed by atoms with van der Waals surface area (Å²) in [6, 6.07) is 5.81. The summed E-state index contributed by atoms with van der Waals surface area (Å²) in [5.41, 5.74) is 2.00. The number of ether oxygens (including phenoxy) is 1. The van der Waals surface area contributed by atoms with Crippen molar-refractivity contribution >= 4 is 34.2 Å². The van der Waals surface area contributed by atoms with Gasteiger partial charge in [-0.1, -0.05) is 6.07 Å². The zero-order chi connectivity index (χ0) is 19.2. The van der Waals surface area contributed by atoms with E-state index in [1.54, 1.807) is 30.5 Å². The molecule has 0 saturated carbocycles. The molecule has 3 rings (SSSR count). The first-order chi connectivity index (χ1) is 13.1. The van der Waals surface area contributed by atoms with Gasteiger partial charge in [-0.3, -0.25) is 9.59 Å².